The predicted octanol–water partition coefficient (Wildman–Crippen LogP) is 4.65. The average Bonchev–Trinajstić information content (AvgIpc) is 3.32. The summed E-state index contributed by atoms with van der Waals surface area (Å²) in [7, 11) is 1.94. The van der Waals surface area contributed by atoms with Gasteiger partial charge >= 0.3 is 0 Å². The third-order valence-corrected chi connectivity index (χ3v) is 6.63. The molecule has 1 aliphatic heterocycles. The van der Waals surface area contributed by atoms with Gasteiger partial charge in [0.25, 0.3) is 0 Å². The lowest BCUT2D eigenvalue weighted by atomic mass is 9.79. The fourth-order valence-corrected chi connectivity index (χ4v) is 4.81. The van der Waals surface area contributed by atoms with Crippen LogP contribution >= 0.6 is 0 Å². The molecule has 6 rings (SSSR count). The van der Waals surface area contributed by atoms with Gasteiger partial charge in [0.05, 0.1) is 35.5 Å². The first kappa shape index (κ1) is 20.2. The zero-order valence-corrected chi connectivity index (χ0v) is 18.6. The maximum atomic E-state index is 9.74. The monoisotopic (exact) mass is 443 g/mol. The number of nitrogens with zero attached hydrogens (tertiary/aromatic N) is 4. The van der Waals surface area contributed by atoms with E-state index in [0.29, 0.717) is 11.3 Å². The number of hydrogen-bond acceptors (Lipinski definition) is 5. The van der Waals surface area contributed by atoms with Crippen LogP contribution in [0.1, 0.15) is 27.9 Å². The van der Waals surface area contributed by atoms with E-state index in [9.17, 15) is 5.26 Å². The van der Waals surface area contributed by atoms with Crippen molar-refractivity contribution in [2.45, 2.75) is 12.1 Å². The third-order valence-electron chi connectivity index (χ3n) is 6.63. The molecular formula is C28H21N5O. The summed E-state index contributed by atoms with van der Waals surface area (Å²) < 4.78 is 8.08. The fraction of sp³-hybridized carbons (Fsp3) is 0.107. The number of hydrogen-bond donors (Lipinski definition) is 1. The van der Waals surface area contributed by atoms with Crippen LogP contribution in [0.2, 0.25) is 0 Å². The second-order valence-corrected chi connectivity index (χ2v) is 8.59. The lowest BCUT2D eigenvalue weighted by Crippen LogP contribution is -2.41. The molecule has 0 radical (unpaired) electrons. The molecule has 1 atom stereocenters. The molecule has 2 aromatic heterocycles. The van der Waals surface area contributed by atoms with Gasteiger partial charge in [0.1, 0.15) is 17.9 Å². The van der Waals surface area contributed by atoms with E-state index in [-0.39, 0.29) is 6.61 Å². The first-order chi connectivity index (χ1) is 16.6. The summed E-state index contributed by atoms with van der Waals surface area (Å²) in [6.45, 7) is 0.247. The molecule has 5 aromatic rings. The Labute approximate surface area is 196 Å². The molecule has 34 heavy (non-hydrogen) atoms. The summed E-state index contributed by atoms with van der Waals surface area (Å²) in [5.41, 5.74) is 12.1. The third kappa shape index (κ3) is 2.99. The van der Waals surface area contributed by atoms with Crippen molar-refractivity contribution in [3.05, 3.63) is 113 Å². The maximum absolute atomic E-state index is 9.74. The molecule has 2 N–H and O–H groups in total. The number of nitriles is 1. The van der Waals surface area contributed by atoms with Gasteiger partial charge in [-0.3, -0.25) is 4.98 Å². The molecular weight excluding hydrogens is 422 g/mol. The molecule has 3 aromatic carbocycles. The highest BCUT2D eigenvalue weighted by Crippen LogP contribution is 2.38. The molecule has 6 heteroatoms. The zero-order chi connectivity index (χ0) is 23.3. The van der Waals surface area contributed by atoms with Gasteiger partial charge in [0, 0.05) is 29.8 Å². The topological polar surface area (TPSA) is 89.8 Å². The van der Waals surface area contributed by atoms with E-state index < -0.39 is 5.54 Å². The molecule has 0 fully saturated rings. The van der Waals surface area contributed by atoms with E-state index in [0.717, 1.165) is 44.4 Å². The van der Waals surface area contributed by atoms with Crippen molar-refractivity contribution in [3.63, 3.8) is 0 Å². The molecule has 1 aliphatic rings. The van der Waals surface area contributed by atoms with E-state index in [2.05, 4.69) is 29.3 Å². The van der Waals surface area contributed by atoms with Crippen LogP contribution in [0.3, 0.4) is 0 Å². The molecule has 3 heterocycles. The van der Waals surface area contributed by atoms with Crippen LogP contribution < -0.4 is 10.5 Å². The Morgan fingerprint density at radius 2 is 1.91 bits per heavy atom. The van der Waals surface area contributed by atoms with Crippen LogP contribution in [-0.4, -0.2) is 14.5 Å². The highest BCUT2D eigenvalue weighted by atomic mass is 16.5. The van der Waals surface area contributed by atoms with Crippen molar-refractivity contribution < 1.29 is 4.74 Å². The summed E-state index contributed by atoms with van der Waals surface area (Å²) in [4.78, 5) is 9.07. The van der Waals surface area contributed by atoms with Crippen LogP contribution in [-0.2, 0) is 19.2 Å². The lowest BCUT2D eigenvalue weighted by molar-refractivity contribution is 0.305. The number of aryl methyl sites for hydroxylation is 1. The predicted molar refractivity (Wildman–Crippen MR) is 130 cm³/mol. The second-order valence-electron chi connectivity index (χ2n) is 8.59. The smallest absolute Gasteiger partial charge is 0.120 e. The van der Waals surface area contributed by atoms with Crippen molar-refractivity contribution in [1.29, 1.82) is 5.26 Å². The summed E-state index contributed by atoms with van der Waals surface area (Å²) in [6, 6.07) is 24.1. The quantitative estimate of drug-likeness (QED) is 0.407. The minimum absolute atomic E-state index is 0.247. The standard InChI is InChI=1S/C28H21N5O/c1-33-17-31-15-26(33)28(30)22-8-6-20(14-29)21(11-22)16-34-24-4-2-3-19(12-24)27-25-13-23(28)7-5-18(25)9-10-32-27/h2-13,15,17H,16,30H2,1H3/t28-/m0/s1. The zero-order valence-electron chi connectivity index (χ0n) is 18.6. The lowest BCUT2D eigenvalue weighted by Gasteiger charge is -2.32. The summed E-state index contributed by atoms with van der Waals surface area (Å²) in [5.74, 6) is 0.714. The molecule has 0 amide bonds. The second kappa shape index (κ2) is 7.55. The van der Waals surface area contributed by atoms with Crippen molar-refractivity contribution in [3.8, 4) is 23.1 Å². The first-order valence-corrected chi connectivity index (χ1v) is 11.0. The molecule has 6 nitrogen and oxygen atoms in total. The number of benzene rings is 3. The molecule has 0 saturated heterocycles. The highest BCUT2D eigenvalue weighted by Gasteiger charge is 2.35. The highest BCUT2D eigenvalue weighted by molar-refractivity contribution is 5.95. The van der Waals surface area contributed by atoms with Crippen LogP contribution in [0.4, 0.5) is 0 Å². The van der Waals surface area contributed by atoms with E-state index in [4.69, 9.17) is 15.5 Å². The van der Waals surface area contributed by atoms with Crippen LogP contribution in [0.5, 0.6) is 5.75 Å². The van der Waals surface area contributed by atoms with Crippen LogP contribution in [0.25, 0.3) is 22.0 Å². The van der Waals surface area contributed by atoms with Crippen molar-refractivity contribution in [1.82, 2.24) is 14.5 Å². The van der Waals surface area contributed by atoms with Gasteiger partial charge in [0.2, 0.25) is 0 Å². The average molecular weight is 444 g/mol. The van der Waals surface area contributed by atoms with E-state index in [1.54, 1.807) is 12.5 Å². The van der Waals surface area contributed by atoms with Gasteiger partial charge in [-0.05, 0) is 52.9 Å². The van der Waals surface area contributed by atoms with E-state index >= 15 is 0 Å². The summed E-state index contributed by atoms with van der Waals surface area (Å²) in [5, 5.41) is 11.8. The van der Waals surface area contributed by atoms with Crippen LogP contribution in [0.15, 0.2) is 85.5 Å². The molecule has 0 unspecified atom stereocenters. The minimum atomic E-state index is -1.01. The number of rotatable bonds is 1. The number of imidazole rings is 1. The van der Waals surface area contributed by atoms with Gasteiger partial charge < -0.3 is 15.0 Å². The number of fused-ring (bicyclic) bond motifs is 6. The summed E-state index contributed by atoms with van der Waals surface area (Å²) in [6.07, 6.45) is 5.37. The minimum Gasteiger partial charge on any atom is -0.489 e. The Balaban J connectivity index is 1.73. The van der Waals surface area contributed by atoms with E-state index in [1.165, 1.54) is 0 Å². The summed E-state index contributed by atoms with van der Waals surface area (Å²) >= 11 is 0. The fourth-order valence-electron chi connectivity index (χ4n) is 4.81. The SMILES string of the molecule is Cn1cncc1[C@]1(N)c2ccc(C#N)c(c2)COc2cccc(c2)-c2nccc3ccc1cc23. The Morgan fingerprint density at radius 1 is 1.06 bits per heavy atom. The maximum Gasteiger partial charge on any atom is 0.120 e. The van der Waals surface area contributed by atoms with Crippen LogP contribution in [0, 0.1) is 11.3 Å². The molecule has 6 bridgehead atoms. The van der Waals surface area contributed by atoms with Crippen molar-refractivity contribution in [2.75, 3.05) is 0 Å². The Hall–Kier alpha value is -4.47. The van der Waals surface area contributed by atoms with Crippen molar-refractivity contribution >= 4 is 10.8 Å². The van der Waals surface area contributed by atoms with Gasteiger partial charge in [-0.2, -0.15) is 5.26 Å². The molecule has 0 spiro atoms. The number of pyridine rings is 1. The number of aromatic nitrogens is 3. The van der Waals surface area contributed by atoms with E-state index in [1.807, 2.05) is 66.3 Å². The first-order valence-electron chi connectivity index (χ1n) is 11.0. The Morgan fingerprint density at radius 3 is 2.74 bits per heavy atom. The Bertz CT molecular complexity index is 1610. The normalized spacial score (nSPS) is 16.7. The molecule has 0 aliphatic carbocycles. The number of nitrogens with two attached hydrogens (primary N) is 1. The van der Waals surface area contributed by atoms with Gasteiger partial charge in [0.15, 0.2) is 0 Å². The van der Waals surface area contributed by atoms with Gasteiger partial charge in [-0.15, -0.1) is 0 Å². The number of ether oxygens (including phenoxy) is 1. The molecule has 0 saturated carbocycles. The Kier molecular flexibility index (Phi) is 4.47. The van der Waals surface area contributed by atoms with Crippen molar-refractivity contribution in [2.24, 2.45) is 12.8 Å². The van der Waals surface area contributed by atoms with Gasteiger partial charge in [-0.25, -0.2) is 4.98 Å². The molecule has 164 valence electrons. The van der Waals surface area contributed by atoms with Gasteiger partial charge in [-0.1, -0.05) is 30.3 Å². The largest absolute Gasteiger partial charge is 0.489 e.